The lowest BCUT2D eigenvalue weighted by Gasteiger charge is -2.39. The summed E-state index contributed by atoms with van der Waals surface area (Å²) in [6.07, 6.45) is 1.59. The maximum Gasteiger partial charge on any atom is 0.240 e. The quantitative estimate of drug-likeness (QED) is 0.695. The van der Waals surface area contributed by atoms with Gasteiger partial charge in [0.15, 0.2) is 0 Å². The number of amides is 1. The molecule has 2 atom stereocenters. The number of aliphatic hydroxyl groups is 1. The molecule has 0 bridgehead atoms. The van der Waals surface area contributed by atoms with Crippen molar-refractivity contribution in [2.24, 2.45) is 11.1 Å². The third kappa shape index (κ3) is 3.19. The van der Waals surface area contributed by atoms with Crippen molar-refractivity contribution in [1.82, 2.24) is 4.90 Å². The van der Waals surface area contributed by atoms with Gasteiger partial charge in [-0.3, -0.25) is 4.79 Å². The fourth-order valence-corrected chi connectivity index (χ4v) is 1.98. The molecule has 1 unspecified atom stereocenters. The van der Waals surface area contributed by atoms with Gasteiger partial charge in [-0.2, -0.15) is 0 Å². The van der Waals surface area contributed by atoms with Crippen molar-refractivity contribution >= 4 is 5.91 Å². The van der Waals surface area contributed by atoms with Gasteiger partial charge < -0.3 is 15.7 Å². The molecule has 1 amide bonds. The molecule has 16 heavy (non-hydrogen) atoms. The average Bonchev–Trinajstić information content (AvgIpc) is 2.12. The van der Waals surface area contributed by atoms with Crippen LogP contribution in [0.15, 0.2) is 0 Å². The van der Waals surface area contributed by atoms with Crippen molar-refractivity contribution in [2.45, 2.75) is 52.2 Å². The number of hydrogen-bond donors (Lipinski definition) is 2. The van der Waals surface area contributed by atoms with E-state index in [0.717, 1.165) is 12.8 Å². The first kappa shape index (κ1) is 13.5. The second kappa shape index (κ2) is 4.34. The lowest BCUT2D eigenvalue weighted by atomic mass is 9.85. The number of piperidine rings is 1. The van der Waals surface area contributed by atoms with Gasteiger partial charge in [-0.25, -0.2) is 0 Å². The molecule has 4 nitrogen and oxygen atoms in total. The molecule has 1 heterocycles. The highest BCUT2D eigenvalue weighted by Gasteiger charge is 2.36. The van der Waals surface area contributed by atoms with Crippen LogP contribution in [0.3, 0.4) is 0 Å². The van der Waals surface area contributed by atoms with Crippen LogP contribution in [0.5, 0.6) is 0 Å². The molecule has 3 N–H and O–H groups in total. The molecule has 1 fully saturated rings. The number of likely N-dealkylation sites (tertiary alicyclic amines) is 1. The van der Waals surface area contributed by atoms with Crippen molar-refractivity contribution in [3.05, 3.63) is 0 Å². The molecular weight excluding hydrogens is 204 g/mol. The number of nitrogens with two attached hydrogens (primary N) is 1. The predicted octanol–water partition coefficient (Wildman–Crippen LogP) is 0.733. The van der Waals surface area contributed by atoms with Gasteiger partial charge in [0, 0.05) is 13.1 Å². The first-order chi connectivity index (χ1) is 7.13. The minimum Gasteiger partial charge on any atom is -0.388 e. The summed E-state index contributed by atoms with van der Waals surface area (Å²) in [5.74, 6) is -0.0486. The summed E-state index contributed by atoms with van der Waals surface area (Å²) in [7, 11) is 0. The molecule has 0 aromatic carbocycles. The van der Waals surface area contributed by atoms with Crippen LogP contribution in [-0.2, 0) is 4.79 Å². The molecule has 94 valence electrons. The SMILES string of the molecule is CC1(O)CCCN(C(=O)[C@@H](N)C(C)(C)C)C1. The van der Waals surface area contributed by atoms with Gasteiger partial charge >= 0.3 is 0 Å². The molecule has 0 spiro atoms. The summed E-state index contributed by atoms with van der Waals surface area (Å²) >= 11 is 0. The molecule has 1 saturated heterocycles. The molecular formula is C12H24N2O2. The van der Waals surface area contributed by atoms with E-state index in [1.54, 1.807) is 11.8 Å². The van der Waals surface area contributed by atoms with E-state index in [9.17, 15) is 9.90 Å². The van der Waals surface area contributed by atoms with E-state index in [1.807, 2.05) is 20.8 Å². The predicted molar refractivity (Wildman–Crippen MR) is 63.9 cm³/mol. The zero-order valence-electron chi connectivity index (χ0n) is 10.8. The molecule has 0 saturated carbocycles. The highest BCUT2D eigenvalue weighted by Crippen LogP contribution is 2.24. The normalized spacial score (nSPS) is 29.0. The van der Waals surface area contributed by atoms with E-state index in [1.165, 1.54) is 0 Å². The molecule has 0 aromatic rings. The number of carbonyl (C=O) groups excluding carboxylic acids is 1. The van der Waals surface area contributed by atoms with E-state index >= 15 is 0 Å². The fourth-order valence-electron chi connectivity index (χ4n) is 1.98. The second-order valence-corrected chi connectivity index (χ2v) is 6.20. The van der Waals surface area contributed by atoms with Gasteiger partial charge in [-0.1, -0.05) is 20.8 Å². The van der Waals surface area contributed by atoms with Crippen molar-refractivity contribution in [2.75, 3.05) is 13.1 Å². The summed E-state index contributed by atoms with van der Waals surface area (Å²) in [4.78, 5) is 13.8. The molecule has 1 rings (SSSR count). The van der Waals surface area contributed by atoms with Gasteiger partial charge in [0.05, 0.1) is 11.6 Å². The van der Waals surface area contributed by atoms with E-state index in [4.69, 9.17) is 5.73 Å². The third-order valence-electron chi connectivity index (χ3n) is 3.19. The van der Waals surface area contributed by atoms with E-state index in [0.29, 0.717) is 13.1 Å². The molecule has 1 aliphatic heterocycles. The average molecular weight is 228 g/mol. The number of hydrogen-bond acceptors (Lipinski definition) is 3. The summed E-state index contributed by atoms with van der Waals surface area (Å²) < 4.78 is 0. The van der Waals surface area contributed by atoms with Crippen LogP contribution in [0.2, 0.25) is 0 Å². The highest BCUT2D eigenvalue weighted by molar-refractivity contribution is 5.82. The first-order valence-electron chi connectivity index (χ1n) is 5.90. The van der Waals surface area contributed by atoms with Gasteiger partial charge in [-0.05, 0) is 25.2 Å². The third-order valence-corrected chi connectivity index (χ3v) is 3.19. The highest BCUT2D eigenvalue weighted by atomic mass is 16.3. The topological polar surface area (TPSA) is 66.6 Å². The lowest BCUT2D eigenvalue weighted by Crippen LogP contribution is -2.56. The van der Waals surface area contributed by atoms with Crippen LogP contribution in [0, 0.1) is 5.41 Å². The Morgan fingerprint density at radius 3 is 2.50 bits per heavy atom. The minimum atomic E-state index is -0.758. The summed E-state index contributed by atoms with van der Waals surface area (Å²) in [5, 5.41) is 9.94. The van der Waals surface area contributed by atoms with Gasteiger partial charge in [0.1, 0.15) is 0 Å². The standard InChI is InChI=1S/C12H24N2O2/c1-11(2,3)9(13)10(15)14-7-5-6-12(4,16)8-14/h9,16H,5-8,13H2,1-4H3/t9-,12?/m1/s1. The Labute approximate surface area is 97.8 Å². The summed E-state index contributed by atoms with van der Waals surface area (Å²) in [6, 6.07) is -0.499. The van der Waals surface area contributed by atoms with Crippen LogP contribution in [0.4, 0.5) is 0 Å². The van der Waals surface area contributed by atoms with Crippen LogP contribution < -0.4 is 5.73 Å². The van der Waals surface area contributed by atoms with Crippen LogP contribution in [0.1, 0.15) is 40.5 Å². The summed E-state index contributed by atoms with van der Waals surface area (Å²) in [5.41, 5.74) is 4.95. The van der Waals surface area contributed by atoms with Crippen molar-refractivity contribution in [3.8, 4) is 0 Å². The van der Waals surface area contributed by atoms with Crippen LogP contribution >= 0.6 is 0 Å². The number of β-amino-alcohol motifs (C(OH)–C–C–N with tert-alkyl or cyclic N) is 1. The van der Waals surface area contributed by atoms with Crippen molar-refractivity contribution in [3.63, 3.8) is 0 Å². The zero-order chi connectivity index (χ0) is 12.6. The lowest BCUT2D eigenvalue weighted by molar-refractivity contribution is -0.141. The van der Waals surface area contributed by atoms with E-state index in [-0.39, 0.29) is 11.3 Å². The maximum atomic E-state index is 12.1. The Kier molecular flexibility index (Phi) is 3.65. The van der Waals surface area contributed by atoms with Crippen LogP contribution in [0.25, 0.3) is 0 Å². The van der Waals surface area contributed by atoms with E-state index < -0.39 is 11.6 Å². The van der Waals surface area contributed by atoms with Crippen LogP contribution in [-0.4, -0.2) is 40.6 Å². The zero-order valence-corrected chi connectivity index (χ0v) is 10.8. The molecule has 0 aromatic heterocycles. The smallest absolute Gasteiger partial charge is 0.240 e. The fraction of sp³-hybridized carbons (Fsp3) is 0.917. The Balaban J connectivity index is 2.68. The van der Waals surface area contributed by atoms with Gasteiger partial charge in [0.2, 0.25) is 5.91 Å². The minimum absolute atomic E-state index is 0.0486. The van der Waals surface area contributed by atoms with Gasteiger partial charge in [-0.15, -0.1) is 0 Å². The first-order valence-corrected chi connectivity index (χ1v) is 5.90. The monoisotopic (exact) mass is 228 g/mol. The van der Waals surface area contributed by atoms with Crippen molar-refractivity contribution in [1.29, 1.82) is 0 Å². The van der Waals surface area contributed by atoms with E-state index in [2.05, 4.69) is 0 Å². The second-order valence-electron chi connectivity index (χ2n) is 6.20. The Bertz CT molecular complexity index is 269. The van der Waals surface area contributed by atoms with Gasteiger partial charge in [0.25, 0.3) is 0 Å². The Morgan fingerprint density at radius 1 is 1.50 bits per heavy atom. The molecule has 1 aliphatic rings. The number of nitrogens with zero attached hydrogens (tertiary/aromatic N) is 1. The largest absolute Gasteiger partial charge is 0.388 e. The maximum absolute atomic E-state index is 12.1. The number of carbonyl (C=O) groups is 1. The molecule has 0 aliphatic carbocycles. The van der Waals surface area contributed by atoms with Crippen molar-refractivity contribution < 1.29 is 9.90 Å². The molecule has 0 radical (unpaired) electrons. The number of rotatable bonds is 1. The summed E-state index contributed by atoms with van der Waals surface area (Å²) in [6.45, 7) is 8.75. The Hall–Kier alpha value is -0.610. The Morgan fingerprint density at radius 2 is 2.06 bits per heavy atom. The molecule has 4 heteroatoms.